The van der Waals surface area contributed by atoms with Crippen molar-refractivity contribution in [3.8, 4) is 11.5 Å². The summed E-state index contributed by atoms with van der Waals surface area (Å²) in [6, 6.07) is 8.59. The second-order valence-corrected chi connectivity index (χ2v) is 7.23. The Morgan fingerprint density at radius 1 is 1.36 bits per heavy atom. The van der Waals surface area contributed by atoms with E-state index in [2.05, 4.69) is 15.9 Å². The zero-order valence-electron chi connectivity index (χ0n) is 13.3. The van der Waals surface area contributed by atoms with Crippen molar-refractivity contribution in [3.05, 3.63) is 57.3 Å². The van der Waals surface area contributed by atoms with E-state index in [1.807, 2.05) is 6.07 Å². The first-order valence-electron chi connectivity index (χ1n) is 8.15. The summed E-state index contributed by atoms with van der Waals surface area (Å²) in [6.45, 7) is 0.360. The highest BCUT2D eigenvalue weighted by atomic mass is 79.9. The van der Waals surface area contributed by atoms with Crippen LogP contribution >= 0.6 is 15.9 Å². The molecule has 0 spiro atoms. The zero-order valence-corrected chi connectivity index (χ0v) is 14.9. The number of hydrogen-bond acceptors (Lipinski definition) is 3. The van der Waals surface area contributed by atoms with Gasteiger partial charge in [0.1, 0.15) is 23.4 Å². The number of carboxylic acids is 1. The fourth-order valence-corrected chi connectivity index (χ4v) is 4.17. The number of carbonyl (C=O) groups is 1. The number of ether oxygens (including phenoxy) is 2. The number of halogens is 2. The highest BCUT2D eigenvalue weighted by molar-refractivity contribution is 9.10. The van der Waals surface area contributed by atoms with Gasteiger partial charge in [-0.3, -0.25) is 4.79 Å². The SMILES string of the molecule is O=C(O)C[C@@H]1COc2cc(OC3CCc4c(Br)ccc(F)c43)ccc21. The van der Waals surface area contributed by atoms with Gasteiger partial charge in [-0.05, 0) is 36.6 Å². The summed E-state index contributed by atoms with van der Waals surface area (Å²) in [4.78, 5) is 10.9. The zero-order chi connectivity index (χ0) is 17.6. The molecule has 0 saturated carbocycles. The lowest BCUT2D eigenvalue weighted by Gasteiger charge is -2.16. The summed E-state index contributed by atoms with van der Waals surface area (Å²) < 4.78 is 26.8. The quantitative estimate of drug-likeness (QED) is 0.805. The standard InChI is InChI=1S/C19H16BrFO4/c20-14-4-5-15(21)19-13(14)3-6-16(19)25-11-1-2-12-10(7-18(22)23)9-24-17(12)8-11/h1-2,4-5,8,10,16H,3,6-7,9H2,(H,22,23)/t10-,16?/m1/s1. The Bertz CT molecular complexity index is 852. The van der Waals surface area contributed by atoms with Crippen molar-refractivity contribution in [2.45, 2.75) is 31.3 Å². The number of aliphatic carboxylic acids is 1. The largest absolute Gasteiger partial charge is 0.492 e. The van der Waals surface area contributed by atoms with Gasteiger partial charge in [0.15, 0.2) is 0 Å². The van der Waals surface area contributed by atoms with E-state index < -0.39 is 5.97 Å². The van der Waals surface area contributed by atoms with Gasteiger partial charge in [-0.15, -0.1) is 0 Å². The van der Waals surface area contributed by atoms with Gasteiger partial charge in [-0.1, -0.05) is 22.0 Å². The van der Waals surface area contributed by atoms with Crippen LogP contribution in [0.3, 0.4) is 0 Å². The van der Waals surface area contributed by atoms with Gasteiger partial charge in [0, 0.05) is 27.6 Å². The number of fused-ring (bicyclic) bond motifs is 2. The number of rotatable bonds is 4. The molecule has 0 fully saturated rings. The van der Waals surface area contributed by atoms with Crippen molar-refractivity contribution in [2.75, 3.05) is 6.61 Å². The predicted molar refractivity (Wildman–Crippen MR) is 92.7 cm³/mol. The second-order valence-electron chi connectivity index (χ2n) is 6.37. The number of hydrogen-bond donors (Lipinski definition) is 1. The molecule has 0 amide bonds. The van der Waals surface area contributed by atoms with E-state index in [0.29, 0.717) is 30.1 Å². The van der Waals surface area contributed by atoms with Crippen LogP contribution < -0.4 is 9.47 Å². The van der Waals surface area contributed by atoms with E-state index in [1.165, 1.54) is 6.07 Å². The third-order valence-corrected chi connectivity index (χ3v) is 5.53. The minimum Gasteiger partial charge on any atom is -0.492 e. The van der Waals surface area contributed by atoms with E-state index in [0.717, 1.165) is 22.0 Å². The minimum atomic E-state index is -0.842. The third-order valence-electron chi connectivity index (χ3n) is 4.79. The molecule has 1 N–H and O–H groups in total. The van der Waals surface area contributed by atoms with Gasteiger partial charge in [0.25, 0.3) is 0 Å². The number of benzene rings is 2. The van der Waals surface area contributed by atoms with Gasteiger partial charge >= 0.3 is 5.97 Å². The molecule has 0 radical (unpaired) electrons. The van der Waals surface area contributed by atoms with Crippen LogP contribution in [0.15, 0.2) is 34.8 Å². The van der Waals surface area contributed by atoms with Crippen LogP contribution in [0.5, 0.6) is 11.5 Å². The summed E-state index contributed by atoms with van der Waals surface area (Å²) in [5.74, 6) is 0.0239. The van der Waals surface area contributed by atoms with Crippen molar-refractivity contribution < 1.29 is 23.8 Å². The molecule has 4 rings (SSSR count). The average Bonchev–Trinajstić information content (AvgIpc) is 3.16. The monoisotopic (exact) mass is 406 g/mol. The molecular weight excluding hydrogens is 391 g/mol. The minimum absolute atomic E-state index is 0.0441. The van der Waals surface area contributed by atoms with E-state index in [1.54, 1.807) is 18.2 Å². The maximum atomic E-state index is 14.2. The Hall–Kier alpha value is -2.08. The lowest BCUT2D eigenvalue weighted by molar-refractivity contribution is -0.137. The van der Waals surface area contributed by atoms with Crippen LogP contribution in [0.25, 0.3) is 0 Å². The van der Waals surface area contributed by atoms with Crippen molar-refractivity contribution in [1.82, 2.24) is 0 Å². The second kappa shape index (κ2) is 6.33. The summed E-state index contributed by atoms with van der Waals surface area (Å²) in [7, 11) is 0. The molecular formula is C19H16BrFO4. The average molecular weight is 407 g/mol. The molecule has 1 heterocycles. The molecule has 1 unspecified atom stereocenters. The van der Waals surface area contributed by atoms with Gasteiger partial charge in [0.05, 0.1) is 13.0 Å². The topological polar surface area (TPSA) is 55.8 Å². The van der Waals surface area contributed by atoms with E-state index in [4.69, 9.17) is 14.6 Å². The predicted octanol–water partition coefficient (Wildman–Crippen LogP) is 4.61. The molecule has 2 atom stereocenters. The molecule has 25 heavy (non-hydrogen) atoms. The molecule has 2 aliphatic rings. The Labute approximate surface area is 152 Å². The molecule has 2 aromatic rings. The van der Waals surface area contributed by atoms with Crippen LogP contribution in [-0.2, 0) is 11.2 Å². The molecule has 2 aromatic carbocycles. The Morgan fingerprint density at radius 2 is 2.20 bits per heavy atom. The maximum absolute atomic E-state index is 14.2. The molecule has 0 saturated heterocycles. The first kappa shape index (κ1) is 16.4. The smallest absolute Gasteiger partial charge is 0.304 e. The van der Waals surface area contributed by atoms with Crippen molar-refractivity contribution in [1.29, 1.82) is 0 Å². The van der Waals surface area contributed by atoms with Crippen molar-refractivity contribution in [3.63, 3.8) is 0 Å². The van der Waals surface area contributed by atoms with E-state index in [-0.39, 0.29) is 24.3 Å². The van der Waals surface area contributed by atoms with Gasteiger partial charge in [-0.2, -0.15) is 0 Å². The molecule has 1 aliphatic heterocycles. The van der Waals surface area contributed by atoms with Crippen LogP contribution in [0.4, 0.5) is 4.39 Å². The van der Waals surface area contributed by atoms with Crippen molar-refractivity contribution in [2.24, 2.45) is 0 Å². The molecule has 0 aromatic heterocycles. The molecule has 6 heteroatoms. The molecule has 130 valence electrons. The van der Waals surface area contributed by atoms with Crippen LogP contribution in [0.1, 0.15) is 41.6 Å². The van der Waals surface area contributed by atoms with E-state index >= 15 is 0 Å². The normalized spacial score (nSPS) is 20.7. The van der Waals surface area contributed by atoms with Crippen molar-refractivity contribution >= 4 is 21.9 Å². The third kappa shape index (κ3) is 2.99. The Balaban J connectivity index is 1.57. The summed E-state index contributed by atoms with van der Waals surface area (Å²) >= 11 is 3.47. The van der Waals surface area contributed by atoms with Crippen LogP contribution in [-0.4, -0.2) is 17.7 Å². The highest BCUT2D eigenvalue weighted by Gasteiger charge is 2.31. The fraction of sp³-hybridized carbons (Fsp3) is 0.316. The first-order valence-corrected chi connectivity index (χ1v) is 8.94. The van der Waals surface area contributed by atoms with Gasteiger partial charge in [-0.25, -0.2) is 4.39 Å². The lowest BCUT2D eigenvalue weighted by atomic mass is 9.98. The van der Waals surface area contributed by atoms with Gasteiger partial charge in [0.2, 0.25) is 0 Å². The van der Waals surface area contributed by atoms with Gasteiger partial charge < -0.3 is 14.6 Å². The Kier molecular flexibility index (Phi) is 4.15. The molecule has 0 bridgehead atoms. The first-order chi connectivity index (χ1) is 12.0. The van der Waals surface area contributed by atoms with E-state index in [9.17, 15) is 9.18 Å². The molecule has 4 nitrogen and oxygen atoms in total. The molecule has 1 aliphatic carbocycles. The van der Waals surface area contributed by atoms with Crippen LogP contribution in [0.2, 0.25) is 0 Å². The summed E-state index contributed by atoms with van der Waals surface area (Å²) in [5.41, 5.74) is 2.46. The maximum Gasteiger partial charge on any atom is 0.304 e. The lowest BCUT2D eigenvalue weighted by Crippen LogP contribution is -2.07. The Morgan fingerprint density at radius 3 is 3.00 bits per heavy atom. The van der Waals surface area contributed by atoms with Crippen LogP contribution in [0, 0.1) is 5.82 Å². The summed E-state index contributed by atoms with van der Waals surface area (Å²) in [5, 5.41) is 8.97. The highest BCUT2D eigenvalue weighted by Crippen LogP contribution is 2.42. The number of carboxylic acid groups (broad SMARTS) is 1. The summed E-state index contributed by atoms with van der Waals surface area (Å²) in [6.07, 6.45) is 1.19. The fourth-order valence-electron chi connectivity index (χ4n) is 3.62.